The van der Waals surface area contributed by atoms with Crippen LogP contribution in [0.15, 0.2) is 0 Å². The molecule has 222 valence electrons. The van der Waals surface area contributed by atoms with Crippen molar-refractivity contribution in [1.29, 1.82) is 0 Å². The highest BCUT2D eigenvalue weighted by Crippen LogP contribution is 2.39. The fourth-order valence-corrected chi connectivity index (χ4v) is 6.58. The van der Waals surface area contributed by atoms with Gasteiger partial charge in [-0.1, -0.05) is 151 Å². The van der Waals surface area contributed by atoms with E-state index in [1.165, 1.54) is 96.3 Å². The van der Waals surface area contributed by atoms with E-state index in [1.54, 1.807) is 0 Å². The molecule has 0 fully saturated rings. The van der Waals surface area contributed by atoms with Crippen molar-refractivity contribution in [1.82, 2.24) is 0 Å². The summed E-state index contributed by atoms with van der Waals surface area (Å²) in [6.07, 6.45) is 24.5. The first-order valence-electron chi connectivity index (χ1n) is 16.5. The summed E-state index contributed by atoms with van der Waals surface area (Å²) in [5, 5.41) is 0. The number of rotatable bonds is 27. The molecule has 0 aromatic carbocycles. The molecular weight excluding hydrogens is 472 g/mol. The van der Waals surface area contributed by atoms with Gasteiger partial charge in [0, 0.05) is 0 Å². The molecule has 0 aliphatic carbocycles. The first-order valence-corrected chi connectivity index (χ1v) is 17.5. The molecule has 0 N–H and O–H groups in total. The Labute approximate surface area is 238 Å². The zero-order valence-electron chi connectivity index (χ0n) is 26.5. The van der Waals surface area contributed by atoms with Gasteiger partial charge in [0.1, 0.15) is 4.75 Å². The van der Waals surface area contributed by atoms with E-state index < -0.39 is 0 Å². The van der Waals surface area contributed by atoms with Gasteiger partial charge in [-0.2, -0.15) is 0 Å². The van der Waals surface area contributed by atoms with Crippen LogP contribution in [0.5, 0.6) is 0 Å². The van der Waals surface area contributed by atoms with E-state index in [-0.39, 0.29) is 10.7 Å². The second-order valence-electron chi connectivity index (χ2n) is 13.0. The SMILES string of the molecule is CCCCCCCCOC(=O)C(CCCCCC(C)C)(CCCCCC(C)C)SCCCCCC(C)C. The van der Waals surface area contributed by atoms with Gasteiger partial charge in [0.25, 0.3) is 0 Å². The van der Waals surface area contributed by atoms with Gasteiger partial charge in [-0.25, -0.2) is 0 Å². The molecule has 2 nitrogen and oxygen atoms in total. The van der Waals surface area contributed by atoms with Crippen molar-refractivity contribution in [3.05, 3.63) is 0 Å². The van der Waals surface area contributed by atoms with Gasteiger partial charge in [-0.05, 0) is 49.2 Å². The van der Waals surface area contributed by atoms with Crippen molar-refractivity contribution in [2.24, 2.45) is 17.8 Å². The van der Waals surface area contributed by atoms with Gasteiger partial charge in [0.2, 0.25) is 0 Å². The zero-order valence-corrected chi connectivity index (χ0v) is 27.3. The molecule has 37 heavy (non-hydrogen) atoms. The minimum absolute atomic E-state index is 0.112. The van der Waals surface area contributed by atoms with E-state index in [1.807, 2.05) is 11.8 Å². The first-order chi connectivity index (χ1) is 17.7. The average Bonchev–Trinajstić information content (AvgIpc) is 2.83. The van der Waals surface area contributed by atoms with Crippen LogP contribution in [-0.2, 0) is 9.53 Å². The second-order valence-corrected chi connectivity index (χ2v) is 14.5. The Hall–Kier alpha value is -0.180. The maximum absolute atomic E-state index is 13.7. The number of thioether (sulfide) groups is 1. The van der Waals surface area contributed by atoms with Gasteiger partial charge in [0.05, 0.1) is 6.61 Å². The zero-order chi connectivity index (χ0) is 27.8. The molecule has 0 aliphatic heterocycles. The van der Waals surface area contributed by atoms with E-state index in [9.17, 15) is 4.79 Å². The smallest absolute Gasteiger partial charge is 0.322 e. The number of ether oxygens (including phenoxy) is 1. The van der Waals surface area contributed by atoms with Crippen LogP contribution in [0.3, 0.4) is 0 Å². The molecule has 0 radical (unpaired) electrons. The standard InChI is InChI=1S/C34H68O2S/c1-8-9-10-11-12-21-28-36-33(35)34(26-19-13-16-23-30(2)3,27-20-14-17-24-31(4)5)37-29-22-15-18-25-32(6)7/h30-32H,8-29H2,1-7H3. The maximum atomic E-state index is 13.7. The van der Waals surface area contributed by atoms with Gasteiger partial charge in [0.15, 0.2) is 0 Å². The van der Waals surface area contributed by atoms with E-state index in [4.69, 9.17) is 4.74 Å². The van der Waals surface area contributed by atoms with E-state index in [0.717, 1.165) is 55.6 Å². The van der Waals surface area contributed by atoms with Crippen LogP contribution in [0.25, 0.3) is 0 Å². The summed E-state index contributed by atoms with van der Waals surface area (Å²) >= 11 is 1.96. The highest BCUT2D eigenvalue weighted by molar-refractivity contribution is 8.01. The Kier molecular flexibility index (Phi) is 24.7. The lowest BCUT2D eigenvalue weighted by molar-refractivity contribution is -0.147. The third-order valence-corrected chi connectivity index (χ3v) is 9.25. The lowest BCUT2D eigenvalue weighted by atomic mass is 9.92. The van der Waals surface area contributed by atoms with E-state index in [2.05, 4.69) is 48.5 Å². The number of carbonyl (C=O) groups is 1. The Morgan fingerprint density at radius 1 is 0.595 bits per heavy atom. The molecule has 0 aromatic rings. The summed E-state index contributed by atoms with van der Waals surface area (Å²) in [7, 11) is 0. The molecule has 0 bridgehead atoms. The van der Waals surface area contributed by atoms with Crippen molar-refractivity contribution in [3.8, 4) is 0 Å². The molecule has 0 aromatic heterocycles. The maximum Gasteiger partial charge on any atom is 0.322 e. The number of carbonyl (C=O) groups excluding carboxylic acids is 1. The minimum Gasteiger partial charge on any atom is -0.465 e. The van der Waals surface area contributed by atoms with Crippen molar-refractivity contribution < 1.29 is 9.53 Å². The van der Waals surface area contributed by atoms with Crippen molar-refractivity contribution >= 4 is 17.7 Å². The van der Waals surface area contributed by atoms with E-state index in [0.29, 0.717) is 6.61 Å². The van der Waals surface area contributed by atoms with Gasteiger partial charge < -0.3 is 4.74 Å². The average molecular weight is 541 g/mol. The van der Waals surface area contributed by atoms with Crippen molar-refractivity contribution in [2.45, 2.75) is 182 Å². The lowest BCUT2D eigenvalue weighted by Crippen LogP contribution is -2.38. The lowest BCUT2D eigenvalue weighted by Gasteiger charge is -2.32. The molecule has 0 heterocycles. The second kappa shape index (κ2) is 24.8. The van der Waals surface area contributed by atoms with E-state index >= 15 is 0 Å². The largest absolute Gasteiger partial charge is 0.465 e. The summed E-state index contributed by atoms with van der Waals surface area (Å²) in [6.45, 7) is 16.8. The van der Waals surface area contributed by atoms with Crippen molar-refractivity contribution in [3.63, 3.8) is 0 Å². The topological polar surface area (TPSA) is 26.3 Å². The monoisotopic (exact) mass is 540 g/mol. The summed E-state index contributed by atoms with van der Waals surface area (Å²) in [6, 6.07) is 0. The van der Waals surface area contributed by atoms with Crippen LogP contribution in [0.2, 0.25) is 0 Å². The minimum atomic E-state index is -0.323. The fourth-order valence-electron chi connectivity index (χ4n) is 5.09. The Balaban J connectivity index is 5.07. The molecule has 3 heteroatoms. The summed E-state index contributed by atoms with van der Waals surface area (Å²) in [4.78, 5) is 13.7. The molecule has 0 unspecified atom stereocenters. The Morgan fingerprint density at radius 2 is 1.03 bits per heavy atom. The number of unbranched alkanes of at least 4 members (excludes halogenated alkanes) is 11. The Bertz CT molecular complexity index is 482. The number of esters is 1. The van der Waals surface area contributed by atoms with Crippen LogP contribution in [0, 0.1) is 17.8 Å². The van der Waals surface area contributed by atoms with Gasteiger partial charge >= 0.3 is 5.97 Å². The molecular formula is C34H68O2S. The third-order valence-electron chi connectivity index (χ3n) is 7.63. The molecule has 0 amide bonds. The molecule has 0 aliphatic rings. The Morgan fingerprint density at radius 3 is 1.51 bits per heavy atom. The predicted octanol–water partition coefficient (Wildman–Crippen LogP) is 11.8. The summed E-state index contributed by atoms with van der Waals surface area (Å²) in [5.74, 6) is 3.55. The number of hydrogen-bond acceptors (Lipinski definition) is 3. The fraction of sp³-hybridized carbons (Fsp3) is 0.971. The molecule has 0 saturated heterocycles. The van der Waals surface area contributed by atoms with Crippen LogP contribution in [0.1, 0.15) is 177 Å². The highest BCUT2D eigenvalue weighted by atomic mass is 32.2. The summed E-state index contributed by atoms with van der Waals surface area (Å²) in [5.41, 5.74) is 0. The molecule has 0 rings (SSSR count). The quantitative estimate of drug-likeness (QED) is 0.0765. The van der Waals surface area contributed by atoms with Crippen LogP contribution in [-0.4, -0.2) is 23.1 Å². The third kappa shape index (κ3) is 22.3. The molecule has 0 spiro atoms. The highest BCUT2D eigenvalue weighted by Gasteiger charge is 2.39. The van der Waals surface area contributed by atoms with Crippen LogP contribution >= 0.6 is 11.8 Å². The summed E-state index contributed by atoms with van der Waals surface area (Å²) < 4.78 is 5.73. The normalized spacial score (nSPS) is 12.3. The van der Waals surface area contributed by atoms with Crippen LogP contribution in [0.4, 0.5) is 0 Å². The van der Waals surface area contributed by atoms with Gasteiger partial charge in [-0.3, -0.25) is 4.79 Å². The van der Waals surface area contributed by atoms with Gasteiger partial charge in [-0.15, -0.1) is 11.8 Å². The predicted molar refractivity (Wildman–Crippen MR) is 169 cm³/mol. The first kappa shape index (κ1) is 36.8. The number of hydrogen-bond donors (Lipinski definition) is 0. The molecule has 0 saturated carbocycles. The van der Waals surface area contributed by atoms with Crippen LogP contribution < -0.4 is 0 Å². The van der Waals surface area contributed by atoms with Crippen molar-refractivity contribution in [2.75, 3.05) is 12.4 Å². The molecule has 0 atom stereocenters.